The quantitative estimate of drug-likeness (QED) is 0.175. The summed E-state index contributed by atoms with van der Waals surface area (Å²) in [6.07, 6.45) is 22.1. The first-order valence-corrected chi connectivity index (χ1v) is 20.8. The fourth-order valence-corrected chi connectivity index (χ4v) is 5.57. The van der Waals surface area contributed by atoms with Crippen LogP contribution in [0.25, 0.3) is 27.7 Å². The summed E-state index contributed by atoms with van der Waals surface area (Å²) >= 11 is 0. The Labute approximate surface area is 350 Å². The first-order chi connectivity index (χ1) is 27.7. The highest BCUT2D eigenvalue weighted by atomic mass is 15.2. The van der Waals surface area contributed by atoms with Gasteiger partial charge in [-0.25, -0.2) is 24.0 Å². The van der Waals surface area contributed by atoms with E-state index in [0.29, 0.717) is 23.7 Å². The standard InChI is InChI=1S/C11H12N2.C10H12N2.2C9H11N3.4C2H6.CH4/c1-8(2)9-4-6-13-11-7-12-5-3-10(9)11;1-8(2)9-5-6-11-12-7-3-4-10(9)12;1-7(2)8-5-10-6-12-4-3-11-9(8)12;1-7(2)8-3-4-11-12-6-5-10-9(8)12;4*1-2;/h3-8H,1-2H3;3-8H,1-2H3;2*3-7H,1-2H3;4*1-2H3;1H4. The van der Waals surface area contributed by atoms with E-state index >= 15 is 0 Å². The van der Waals surface area contributed by atoms with Crippen LogP contribution in [0.1, 0.15) is 164 Å². The Morgan fingerprint density at radius 1 is 0.448 bits per heavy atom. The molecular formula is C48H74N10. The molecule has 8 heterocycles. The van der Waals surface area contributed by atoms with E-state index in [9.17, 15) is 0 Å². The maximum absolute atomic E-state index is 4.26. The summed E-state index contributed by atoms with van der Waals surface area (Å²) in [4.78, 5) is 20.9. The second kappa shape index (κ2) is 28.8. The molecule has 8 aromatic rings. The number of imidazole rings is 2. The molecule has 0 saturated heterocycles. The number of rotatable bonds is 4. The molecule has 0 spiro atoms. The third kappa shape index (κ3) is 14.8. The molecule has 0 radical (unpaired) electrons. The molecule has 0 aliphatic heterocycles. The zero-order chi connectivity index (χ0) is 42.9. The van der Waals surface area contributed by atoms with Crippen molar-refractivity contribution in [2.24, 2.45) is 0 Å². The molecule has 0 bridgehead atoms. The van der Waals surface area contributed by atoms with Gasteiger partial charge in [0.25, 0.3) is 0 Å². The van der Waals surface area contributed by atoms with Crippen molar-refractivity contribution in [2.45, 2.75) is 142 Å². The number of fused-ring (bicyclic) bond motifs is 4. The lowest BCUT2D eigenvalue weighted by atomic mass is 10.0. The molecular weight excluding hydrogens is 717 g/mol. The molecule has 0 saturated carbocycles. The minimum atomic E-state index is 0. The van der Waals surface area contributed by atoms with Crippen molar-refractivity contribution in [1.29, 1.82) is 0 Å². The van der Waals surface area contributed by atoms with Crippen LogP contribution >= 0.6 is 0 Å². The predicted octanol–water partition coefficient (Wildman–Crippen LogP) is 13.7. The molecule has 8 aromatic heterocycles. The second-order valence-corrected chi connectivity index (χ2v) is 13.0. The van der Waals surface area contributed by atoms with E-state index in [-0.39, 0.29) is 7.43 Å². The van der Waals surface area contributed by atoms with Crippen molar-refractivity contribution in [3.05, 3.63) is 133 Å². The first-order valence-electron chi connectivity index (χ1n) is 20.8. The summed E-state index contributed by atoms with van der Waals surface area (Å²) in [7, 11) is 0. The molecule has 0 aliphatic carbocycles. The molecule has 8 rings (SSSR count). The van der Waals surface area contributed by atoms with Crippen LogP contribution in [0.5, 0.6) is 0 Å². The van der Waals surface area contributed by atoms with E-state index in [4.69, 9.17) is 0 Å². The fraction of sp³-hybridized carbons (Fsp3) is 0.438. The number of aromatic nitrogens is 10. The van der Waals surface area contributed by atoms with Crippen molar-refractivity contribution in [2.75, 3.05) is 0 Å². The van der Waals surface area contributed by atoms with Gasteiger partial charge in [0.2, 0.25) is 0 Å². The Balaban J connectivity index is 0.000000701. The topological polar surface area (TPSA) is 103 Å². The molecule has 0 amide bonds. The summed E-state index contributed by atoms with van der Waals surface area (Å²) in [5.41, 5.74) is 9.31. The minimum absolute atomic E-state index is 0. The molecule has 10 heteroatoms. The SMILES string of the molecule is C.CC.CC.CC.CC.CC(C)c1ccnc2cnccc12.CC(C)c1ccnn2cccc12.CC(C)c1ccnn2ccnc12.CC(C)c1cncn2ccnc12. The maximum Gasteiger partial charge on any atom is 0.156 e. The van der Waals surface area contributed by atoms with E-state index in [1.807, 2.05) is 132 Å². The Morgan fingerprint density at radius 3 is 1.62 bits per heavy atom. The van der Waals surface area contributed by atoms with Crippen LogP contribution < -0.4 is 0 Å². The highest BCUT2D eigenvalue weighted by Gasteiger charge is 2.07. The minimum Gasteiger partial charge on any atom is -0.290 e. The molecule has 0 unspecified atom stereocenters. The van der Waals surface area contributed by atoms with Gasteiger partial charge in [-0.15, -0.1) is 0 Å². The van der Waals surface area contributed by atoms with Crippen LogP contribution in [0.2, 0.25) is 0 Å². The van der Waals surface area contributed by atoms with E-state index in [0.717, 1.165) is 16.8 Å². The summed E-state index contributed by atoms with van der Waals surface area (Å²) in [6, 6.07) is 12.3. The molecule has 0 N–H and O–H groups in total. The lowest BCUT2D eigenvalue weighted by molar-refractivity contribution is 0.835. The second-order valence-electron chi connectivity index (χ2n) is 13.0. The number of hydrogen-bond acceptors (Lipinski definition) is 7. The molecule has 0 aromatic carbocycles. The number of hydrogen-bond donors (Lipinski definition) is 0. The van der Waals surface area contributed by atoms with E-state index in [2.05, 4.69) is 109 Å². The van der Waals surface area contributed by atoms with Crippen molar-refractivity contribution >= 4 is 27.7 Å². The Bertz CT molecular complexity index is 2030. The molecule has 58 heavy (non-hydrogen) atoms. The average molecular weight is 791 g/mol. The van der Waals surface area contributed by atoms with Crippen LogP contribution in [0.15, 0.2) is 111 Å². The first kappa shape index (κ1) is 52.5. The fourth-order valence-electron chi connectivity index (χ4n) is 5.57. The van der Waals surface area contributed by atoms with Gasteiger partial charge in [-0.1, -0.05) is 118 Å². The van der Waals surface area contributed by atoms with Gasteiger partial charge in [-0.05, 0) is 71.2 Å². The number of nitrogens with zero attached hydrogens (tertiary/aromatic N) is 10. The zero-order valence-electron chi connectivity index (χ0n) is 37.7. The summed E-state index contributed by atoms with van der Waals surface area (Å²) in [5.74, 6) is 2.07. The van der Waals surface area contributed by atoms with Crippen molar-refractivity contribution in [3.8, 4) is 0 Å². The van der Waals surface area contributed by atoms with Crippen LogP contribution in [-0.2, 0) is 0 Å². The van der Waals surface area contributed by atoms with Crippen LogP contribution in [-0.4, -0.2) is 48.5 Å². The third-order valence-corrected chi connectivity index (χ3v) is 8.19. The summed E-state index contributed by atoms with van der Waals surface area (Å²) < 4.78 is 5.65. The predicted molar refractivity (Wildman–Crippen MR) is 249 cm³/mol. The van der Waals surface area contributed by atoms with Gasteiger partial charge in [0.05, 0.1) is 17.2 Å². The van der Waals surface area contributed by atoms with Gasteiger partial charge < -0.3 is 0 Å². The van der Waals surface area contributed by atoms with Crippen LogP contribution in [0.3, 0.4) is 0 Å². The monoisotopic (exact) mass is 791 g/mol. The molecule has 0 fully saturated rings. The lowest BCUT2D eigenvalue weighted by Crippen LogP contribution is -1.96. The number of pyridine rings is 2. The van der Waals surface area contributed by atoms with Gasteiger partial charge in [-0.3, -0.25) is 14.4 Å². The molecule has 316 valence electrons. The average Bonchev–Trinajstić information content (AvgIpc) is 4.05. The van der Waals surface area contributed by atoms with Crippen molar-refractivity contribution in [3.63, 3.8) is 0 Å². The van der Waals surface area contributed by atoms with E-state index in [1.165, 1.54) is 33.2 Å². The lowest BCUT2D eigenvalue weighted by Gasteiger charge is -2.07. The third-order valence-electron chi connectivity index (χ3n) is 8.19. The van der Waals surface area contributed by atoms with Gasteiger partial charge in [0.15, 0.2) is 5.65 Å². The molecule has 10 nitrogen and oxygen atoms in total. The largest absolute Gasteiger partial charge is 0.290 e. The Morgan fingerprint density at radius 2 is 1.00 bits per heavy atom. The van der Waals surface area contributed by atoms with E-state index < -0.39 is 0 Å². The molecule has 0 atom stereocenters. The highest BCUT2D eigenvalue weighted by Crippen LogP contribution is 2.23. The van der Waals surface area contributed by atoms with Crippen molar-refractivity contribution in [1.82, 2.24) is 48.5 Å². The van der Waals surface area contributed by atoms with Crippen LogP contribution in [0.4, 0.5) is 0 Å². The normalized spacial score (nSPS) is 9.86. The Kier molecular flexibility index (Phi) is 26.1. The summed E-state index contributed by atoms with van der Waals surface area (Å²) in [6.45, 7) is 33.4. The highest BCUT2D eigenvalue weighted by molar-refractivity contribution is 5.81. The zero-order valence-corrected chi connectivity index (χ0v) is 37.7. The van der Waals surface area contributed by atoms with Gasteiger partial charge >= 0.3 is 0 Å². The maximum atomic E-state index is 4.26. The van der Waals surface area contributed by atoms with Crippen molar-refractivity contribution < 1.29 is 0 Å². The van der Waals surface area contributed by atoms with Gasteiger partial charge in [0.1, 0.15) is 12.0 Å². The molecule has 0 aliphatic rings. The van der Waals surface area contributed by atoms with Crippen LogP contribution in [0, 0.1) is 0 Å². The smallest absolute Gasteiger partial charge is 0.156 e. The van der Waals surface area contributed by atoms with E-state index in [1.54, 1.807) is 29.4 Å². The Hall–Kier alpha value is -5.51. The van der Waals surface area contributed by atoms with Gasteiger partial charge in [-0.2, -0.15) is 10.2 Å². The van der Waals surface area contributed by atoms with Gasteiger partial charge in [0, 0.05) is 78.5 Å². The summed E-state index contributed by atoms with van der Waals surface area (Å²) in [5, 5.41) is 9.55.